The number of halogens is 1. The summed E-state index contributed by atoms with van der Waals surface area (Å²) in [5.74, 6) is -1.06. The summed E-state index contributed by atoms with van der Waals surface area (Å²) in [6.07, 6.45) is 1.45. The molecule has 0 aliphatic carbocycles. The topological polar surface area (TPSA) is 62.0 Å². The van der Waals surface area contributed by atoms with Crippen molar-refractivity contribution in [3.05, 3.63) is 46.4 Å². The summed E-state index contributed by atoms with van der Waals surface area (Å²) in [6, 6.07) is 7.39. The van der Waals surface area contributed by atoms with Gasteiger partial charge in [0.05, 0.1) is 5.70 Å². The number of carboxylic acids is 1. The van der Waals surface area contributed by atoms with E-state index in [9.17, 15) is 4.79 Å². The van der Waals surface area contributed by atoms with Crippen molar-refractivity contribution < 1.29 is 9.90 Å². The highest BCUT2D eigenvalue weighted by Gasteiger charge is 2.21. The van der Waals surface area contributed by atoms with Crippen LogP contribution in [0.3, 0.4) is 0 Å². The van der Waals surface area contributed by atoms with Crippen LogP contribution in [0, 0.1) is 6.04 Å². The third-order valence-electron chi connectivity index (χ3n) is 1.90. The second-order valence-corrected chi connectivity index (χ2v) is 3.84. The van der Waals surface area contributed by atoms with Gasteiger partial charge in [-0.05, 0) is 18.2 Å². The van der Waals surface area contributed by atoms with E-state index in [0.29, 0.717) is 5.70 Å². The average Bonchev–Trinajstić information content (AvgIpc) is 2.68. The van der Waals surface area contributed by atoms with Crippen LogP contribution in [-0.2, 0) is 4.79 Å². The normalized spacial score (nSPS) is 15.4. The fourth-order valence-corrected chi connectivity index (χ4v) is 1.43. The highest BCUT2D eigenvalue weighted by atomic mass is 79.9. The molecule has 0 atom stereocenters. The van der Waals surface area contributed by atoms with Gasteiger partial charge in [0.15, 0.2) is 0 Å². The summed E-state index contributed by atoms with van der Waals surface area (Å²) in [7, 11) is 0. The van der Waals surface area contributed by atoms with Crippen LogP contribution in [-0.4, -0.2) is 11.1 Å². The maximum Gasteiger partial charge on any atom is 0.341 e. The fraction of sp³-hybridized carbons (Fsp3) is 0. The molecule has 0 saturated carbocycles. The number of azo groups is 1. The molecule has 0 saturated heterocycles. The summed E-state index contributed by atoms with van der Waals surface area (Å²) in [5, 5.41) is 16.0. The third-order valence-corrected chi connectivity index (χ3v) is 2.43. The van der Waals surface area contributed by atoms with Crippen molar-refractivity contribution >= 4 is 27.6 Å². The quantitative estimate of drug-likeness (QED) is 0.894. The van der Waals surface area contributed by atoms with Crippen molar-refractivity contribution in [1.82, 2.24) is 0 Å². The smallest absolute Gasteiger partial charge is 0.341 e. The van der Waals surface area contributed by atoms with E-state index in [0.717, 1.165) is 10.0 Å². The van der Waals surface area contributed by atoms with Gasteiger partial charge in [-0.3, -0.25) is 0 Å². The first-order chi connectivity index (χ1) is 7.16. The Bertz CT molecular complexity index is 451. The minimum absolute atomic E-state index is 0.0343. The first-order valence-corrected chi connectivity index (χ1v) is 4.96. The molecule has 1 aromatic rings. The Kier molecular flexibility index (Phi) is 2.64. The van der Waals surface area contributed by atoms with Crippen LogP contribution in [0.4, 0.5) is 0 Å². The molecule has 0 amide bonds. The first kappa shape index (κ1) is 10.0. The SMILES string of the molecule is O=C(O)[C]1C=C(c2ccc(Br)cc2)N=N1. The Balaban J connectivity index is 2.27. The zero-order valence-electron chi connectivity index (χ0n) is 7.51. The molecule has 4 nitrogen and oxygen atoms in total. The third kappa shape index (κ3) is 2.12. The zero-order valence-corrected chi connectivity index (χ0v) is 9.10. The molecule has 2 rings (SSSR count). The number of rotatable bonds is 2. The van der Waals surface area contributed by atoms with Crippen LogP contribution in [0.1, 0.15) is 5.56 Å². The van der Waals surface area contributed by atoms with Gasteiger partial charge >= 0.3 is 5.97 Å². The van der Waals surface area contributed by atoms with Crippen LogP contribution in [0.25, 0.3) is 5.70 Å². The van der Waals surface area contributed by atoms with Crippen molar-refractivity contribution in [2.24, 2.45) is 10.2 Å². The molecule has 0 bridgehead atoms. The van der Waals surface area contributed by atoms with Gasteiger partial charge in [-0.1, -0.05) is 28.1 Å². The molecule has 0 unspecified atom stereocenters. The van der Waals surface area contributed by atoms with Gasteiger partial charge in [0.25, 0.3) is 0 Å². The van der Waals surface area contributed by atoms with Gasteiger partial charge in [0, 0.05) is 10.0 Å². The lowest BCUT2D eigenvalue weighted by Crippen LogP contribution is -2.02. The first-order valence-electron chi connectivity index (χ1n) is 4.16. The summed E-state index contributed by atoms with van der Waals surface area (Å²) < 4.78 is 0.962. The van der Waals surface area contributed by atoms with Gasteiger partial charge in [-0.25, -0.2) is 4.79 Å². The second kappa shape index (κ2) is 3.94. The van der Waals surface area contributed by atoms with Crippen molar-refractivity contribution in [3.63, 3.8) is 0 Å². The van der Waals surface area contributed by atoms with Gasteiger partial charge in [0.1, 0.15) is 0 Å². The van der Waals surface area contributed by atoms with Crippen LogP contribution < -0.4 is 0 Å². The molecule has 1 aromatic carbocycles. The van der Waals surface area contributed by atoms with E-state index in [2.05, 4.69) is 26.2 Å². The lowest BCUT2D eigenvalue weighted by Gasteiger charge is -1.96. The monoisotopic (exact) mass is 265 g/mol. The number of aliphatic carboxylic acids is 1. The Labute approximate surface area is 94.5 Å². The molecule has 1 heterocycles. The predicted molar refractivity (Wildman–Crippen MR) is 57.9 cm³/mol. The van der Waals surface area contributed by atoms with Gasteiger partial charge in [0.2, 0.25) is 6.04 Å². The fourth-order valence-electron chi connectivity index (χ4n) is 1.16. The van der Waals surface area contributed by atoms with E-state index < -0.39 is 5.97 Å². The Morgan fingerprint density at radius 2 is 1.87 bits per heavy atom. The van der Waals surface area contributed by atoms with Crippen molar-refractivity contribution in [3.8, 4) is 0 Å². The van der Waals surface area contributed by atoms with E-state index >= 15 is 0 Å². The van der Waals surface area contributed by atoms with Gasteiger partial charge in [-0.15, -0.1) is 0 Å². The lowest BCUT2D eigenvalue weighted by molar-refractivity contribution is -0.134. The molecule has 15 heavy (non-hydrogen) atoms. The molecule has 0 spiro atoms. The molecule has 1 radical (unpaired) electrons. The predicted octanol–water partition coefficient (Wildman–Crippen LogP) is 2.87. The Morgan fingerprint density at radius 1 is 1.20 bits per heavy atom. The highest BCUT2D eigenvalue weighted by molar-refractivity contribution is 9.10. The van der Waals surface area contributed by atoms with E-state index in [1.807, 2.05) is 24.3 Å². The zero-order chi connectivity index (χ0) is 10.8. The van der Waals surface area contributed by atoms with E-state index in [-0.39, 0.29) is 6.04 Å². The second-order valence-electron chi connectivity index (χ2n) is 2.93. The lowest BCUT2D eigenvalue weighted by atomic mass is 10.1. The maximum atomic E-state index is 10.6. The van der Waals surface area contributed by atoms with Crippen molar-refractivity contribution in [2.75, 3.05) is 0 Å². The molecular formula is C10H6BrN2O2. The number of benzene rings is 1. The van der Waals surface area contributed by atoms with Crippen LogP contribution in [0.2, 0.25) is 0 Å². The minimum atomic E-state index is -1.06. The van der Waals surface area contributed by atoms with Crippen LogP contribution in [0.15, 0.2) is 45.0 Å². The number of hydrogen-bond acceptors (Lipinski definition) is 3. The summed E-state index contributed by atoms with van der Waals surface area (Å²) in [6.45, 7) is 0. The van der Waals surface area contributed by atoms with E-state index in [4.69, 9.17) is 5.11 Å². The number of carbonyl (C=O) groups is 1. The minimum Gasteiger partial charge on any atom is -0.479 e. The summed E-state index contributed by atoms with van der Waals surface area (Å²) in [5.41, 5.74) is 1.41. The number of hydrogen-bond donors (Lipinski definition) is 1. The molecule has 5 heteroatoms. The molecule has 0 fully saturated rings. The van der Waals surface area contributed by atoms with E-state index in [1.165, 1.54) is 6.08 Å². The largest absolute Gasteiger partial charge is 0.479 e. The number of nitrogens with zero attached hydrogens (tertiary/aromatic N) is 2. The Morgan fingerprint density at radius 3 is 2.40 bits per heavy atom. The van der Waals surface area contributed by atoms with Crippen molar-refractivity contribution in [2.45, 2.75) is 0 Å². The van der Waals surface area contributed by atoms with Crippen LogP contribution >= 0.6 is 15.9 Å². The van der Waals surface area contributed by atoms with Crippen LogP contribution in [0.5, 0.6) is 0 Å². The molecule has 75 valence electrons. The Hall–Kier alpha value is -1.49. The maximum absolute atomic E-state index is 10.6. The van der Waals surface area contributed by atoms with Crippen molar-refractivity contribution in [1.29, 1.82) is 0 Å². The molecule has 1 aliphatic heterocycles. The molecule has 1 N–H and O–H groups in total. The molecule has 1 aliphatic rings. The number of carboxylic acid groups (broad SMARTS) is 1. The summed E-state index contributed by atoms with van der Waals surface area (Å²) >= 11 is 3.32. The molecular weight excluding hydrogens is 260 g/mol. The average molecular weight is 266 g/mol. The van der Waals surface area contributed by atoms with Gasteiger partial charge in [-0.2, -0.15) is 10.2 Å². The summed E-state index contributed by atoms with van der Waals surface area (Å²) in [4.78, 5) is 10.6. The highest BCUT2D eigenvalue weighted by Crippen LogP contribution is 2.27. The molecule has 0 aromatic heterocycles. The van der Waals surface area contributed by atoms with Gasteiger partial charge < -0.3 is 5.11 Å². The standard InChI is InChI=1S/C10H6BrN2O2/c11-7-3-1-6(2-4-7)8-5-9(10(14)15)13-12-8/h1-5H,(H,14,15). The van der Waals surface area contributed by atoms with E-state index in [1.54, 1.807) is 0 Å².